The molecule has 0 unspecified atom stereocenters. The Morgan fingerprint density at radius 2 is 1.87 bits per heavy atom. The molecule has 0 saturated carbocycles. The molecule has 0 radical (unpaired) electrons. The molecule has 9 heteroatoms. The quantitative estimate of drug-likeness (QED) is 0.751. The molecular weight excluding hydrogens is 394 g/mol. The SMILES string of the molecule is O=C1CCN(c2cnc3cc(N4CCN(CCC5CCNCC5)CC4)ccn23)C(=O)N1. The van der Waals surface area contributed by atoms with Crippen LogP contribution in [0.15, 0.2) is 24.5 Å². The fraction of sp³-hybridized carbons (Fsp3) is 0.591. The normalized spacial score (nSPS) is 21.7. The summed E-state index contributed by atoms with van der Waals surface area (Å²) in [7, 11) is 0. The van der Waals surface area contributed by atoms with E-state index in [1.165, 1.54) is 44.6 Å². The molecule has 0 aromatic carbocycles. The molecule has 0 aliphatic carbocycles. The van der Waals surface area contributed by atoms with E-state index in [9.17, 15) is 9.59 Å². The number of hydrogen-bond acceptors (Lipinski definition) is 6. The van der Waals surface area contributed by atoms with Gasteiger partial charge in [-0.25, -0.2) is 9.78 Å². The van der Waals surface area contributed by atoms with Gasteiger partial charge < -0.3 is 10.2 Å². The zero-order chi connectivity index (χ0) is 21.2. The molecule has 166 valence electrons. The number of anilines is 2. The van der Waals surface area contributed by atoms with Crippen molar-refractivity contribution < 1.29 is 9.59 Å². The second-order valence-corrected chi connectivity index (χ2v) is 8.80. The minimum Gasteiger partial charge on any atom is -0.369 e. The zero-order valence-corrected chi connectivity index (χ0v) is 17.9. The van der Waals surface area contributed by atoms with Crippen LogP contribution in [0.4, 0.5) is 16.3 Å². The largest absolute Gasteiger partial charge is 0.369 e. The van der Waals surface area contributed by atoms with Crippen LogP contribution >= 0.6 is 0 Å². The van der Waals surface area contributed by atoms with Crippen molar-refractivity contribution in [2.45, 2.75) is 25.7 Å². The summed E-state index contributed by atoms with van der Waals surface area (Å²) in [4.78, 5) is 34.7. The number of nitrogens with zero attached hydrogens (tertiary/aromatic N) is 5. The van der Waals surface area contributed by atoms with Crippen molar-refractivity contribution >= 4 is 29.1 Å². The number of carbonyl (C=O) groups excluding carboxylic acids is 2. The van der Waals surface area contributed by atoms with E-state index in [1.807, 2.05) is 10.6 Å². The van der Waals surface area contributed by atoms with Crippen molar-refractivity contribution in [3.8, 4) is 0 Å². The Kier molecular flexibility index (Phi) is 5.78. The topological polar surface area (TPSA) is 85.2 Å². The van der Waals surface area contributed by atoms with Gasteiger partial charge in [0.2, 0.25) is 5.91 Å². The molecule has 31 heavy (non-hydrogen) atoms. The average molecular weight is 426 g/mol. The molecule has 3 fully saturated rings. The third-order valence-electron chi connectivity index (χ3n) is 6.86. The predicted octanol–water partition coefficient (Wildman–Crippen LogP) is 1.29. The monoisotopic (exact) mass is 425 g/mol. The van der Waals surface area contributed by atoms with E-state index < -0.39 is 0 Å². The van der Waals surface area contributed by atoms with Crippen molar-refractivity contribution in [1.82, 2.24) is 24.9 Å². The van der Waals surface area contributed by atoms with Crippen LogP contribution in [0.3, 0.4) is 0 Å². The first-order valence-corrected chi connectivity index (χ1v) is 11.4. The number of carbonyl (C=O) groups is 2. The highest BCUT2D eigenvalue weighted by Gasteiger charge is 2.27. The second-order valence-electron chi connectivity index (χ2n) is 8.80. The van der Waals surface area contributed by atoms with Crippen LogP contribution in [0.5, 0.6) is 0 Å². The number of urea groups is 1. The van der Waals surface area contributed by atoms with Gasteiger partial charge in [0.1, 0.15) is 11.5 Å². The van der Waals surface area contributed by atoms with Gasteiger partial charge in [0.15, 0.2) is 0 Å². The number of imidazole rings is 1. The lowest BCUT2D eigenvalue weighted by Gasteiger charge is -2.37. The smallest absolute Gasteiger partial charge is 0.329 e. The lowest BCUT2D eigenvalue weighted by molar-refractivity contribution is -0.120. The number of rotatable bonds is 5. The molecule has 0 bridgehead atoms. The Morgan fingerprint density at radius 1 is 1.06 bits per heavy atom. The number of piperidine rings is 1. The fourth-order valence-electron chi connectivity index (χ4n) is 4.90. The first-order chi connectivity index (χ1) is 15.2. The average Bonchev–Trinajstić information content (AvgIpc) is 3.22. The Labute approximate surface area is 182 Å². The number of imide groups is 1. The molecule has 5 rings (SSSR count). The minimum atomic E-state index is -0.386. The molecule has 3 aliphatic rings. The number of aromatic nitrogens is 2. The van der Waals surface area contributed by atoms with E-state index in [1.54, 1.807) is 11.1 Å². The summed E-state index contributed by atoms with van der Waals surface area (Å²) in [6, 6.07) is 3.79. The van der Waals surface area contributed by atoms with Crippen LogP contribution in [0, 0.1) is 5.92 Å². The summed E-state index contributed by atoms with van der Waals surface area (Å²) in [5.41, 5.74) is 1.98. The molecule has 2 aromatic rings. The van der Waals surface area contributed by atoms with Gasteiger partial charge in [0, 0.05) is 57.1 Å². The molecule has 5 heterocycles. The maximum atomic E-state index is 12.2. The minimum absolute atomic E-state index is 0.229. The van der Waals surface area contributed by atoms with E-state index in [0.717, 1.165) is 37.7 Å². The number of fused-ring (bicyclic) bond motifs is 1. The van der Waals surface area contributed by atoms with Gasteiger partial charge in [-0.2, -0.15) is 0 Å². The molecule has 2 aromatic heterocycles. The van der Waals surface area contributed by atoms with Gasteiger partial charge in [-0.1, -0.05) is 0 Å². The predicted molar refractivity (Wildman–Crippen MR) is 120 cm³/mol. The Bertz CT molecular complexity index is 944. The van der Waals surface area contributed by atoms with Gasteiger partial charge in [-0.3, -0.25) is 24.3 Å². The second kappa shape index (κ2) is 8.84. The lowest BCUT2D eigenvalue weighted by Crippen LogP contribution is -2.50. The first kappa shape index (κ1) is 20.3. The number of hydrogen-bond donors (Lipinski definition) is 2. The number of pyridine rings is 1. The lowest BCUT2D eigenvalue weighted by atomic mass is 9.94. The molecular formula is C22H31N7O2. The van der Waals surface area contributed by atoms with Crippen molar-refractivity contribution in [3.05, 3.63) is 24.5 Å². The van der Waals surface area contributed by atoms with Gasteiger partial charge in [-0.15, -0.1) is 0 Å². The standard InChI is InChI=1S/C22H31N7O2/c30-20-5-10-29(22(31)25-20)21-16-24-19-15-18(4-9-28(19)21)27-13-11-26(12-14-27)8-3-17-1-6-23-7-2-17/h4,9,15-17,23H,1-3,5-8,10-14H2,(H,25,30,31). The van der Waals surface area contributed by atoms with E-state index in [2.05, 4.69) is 37.6 Å². The van der Waals surface area contributed by atoms with E-state index in [0.29, 0.717) is 18.8 Å². The number of nitrogens with one attached hydrogen (secondary N) is 2. The molecule has 0 atom stereocenters. The van der Waals surface area contributed by atoms with Gasteiger partial charge >= 0.3 is 6.03 Å². The van der Waals surface area contributed by atoms with Gasteiger partial charge in [0.25, 0.3) is 0 Å². The highest BCUT2D eigenvalue weighted by Crippen LogP contribution is 2.24. The Balaban J connectivity index is 1.19. The maximum Gasteiger partial charge on any atom is 0.329 e. The Hall–Kier alpha value is -2.65. The highest BCUT2D eigenvalue weighted by molar-refractivity contribution is 6.05. The van der Waals surface area contributed by atoms with Crippen molar-refractivity contribution in [2.24, 2.45) is 5.92 Å². The van der Waals surface area contributed by atoms with Gasteiger partial charge in [0.05, 0.1) is 6.20 Å². The molecule has 3 saturated heterocycles. The summed E-state index contributed by atoms with van der Waals surface area (Å²) in [6.45, 7) is 8.17. The van der Waals surface area contributed by atoms with Crippen LogP contribution in [0.2, 0.25) is 0 Å². The first-order valence-electron chi connectivity index (χ1n) is 11.4. The third kappa shape index (κ3) is 4.38. The third-order valence-corrected chi connectivity index (χ3v) is 6.86. The van der Waals surface area contributed by atoms with Crippen LogP contribution in [0.1, 0.15) is 25.7 Å². The number of amides is 3. The fourth-order valence-corrected chi connectivity index (χ4v) is 4.90. The highest BCUT2D eigenvalue weighted by atomic mass is 16.2. The van der Waals surface area contributed by atoms with E-state index in [-0.39, 0.29) is 11.9 Å². The summed E-state index contributed by atoms with van der Waals surface area (Å²) in [5, 5.41) is 5.82. The van der Waals surface area contributed by atoms with Crippen LogP contribution < -0.4 is 20.4 Å². The molecule has 0 spiro atoms. The molecule has 9 nitrogen and oxygen atoms in total. The summed E-state index contributed by atoms with van der Waals surface area (Å²) in [6.07, 6.45) is 7.94. The molecule has 3 aliphatic heterocycles. The number of piperazine rings is 1. The zero-order valence-electron chi connectivity index (χ0n) is 17.9. The van der Waals surface area contributed by atoms with Crippen molar-refractivity contribution in [2.75, 3.05) is 62.2 Å². The van der Waals surface area contributed by atoms with Crippen molar-refractivity contribution in [1.29, 1.82) is 0 Å². The van der Waals surface area contributed by atoms with Gasteiger partial charge in [-0.05, 0) is 50.9 Å². The molecule has 2 N–H and O–H groups in total. The van der Waals surface area contributed by atoms with E-state index >= 15 is 0 Å². The summed E-state index contributed by atoms with van der Waals surface area (Å²) in [5.74, 6) is 1.35. The summed E-state index contributed by atoms with van der Waals surface area (Å²) < 4.78 is 1.91. The van der Waals surface area contributed by atoms with E-state index in [4.69, 9.17) is 0 Å². The van der Waals surface area contributed by atoms with Crippen LogP contribution in [0.25, 0.3) is 5.65 Å². The molecule has 3 amide bonds. The maximum absolute atomic E-state index is 12.2. The van der Waals surface area contributed by atoms with Crippen LogP contribution in [-0.2, 0) is 4.79 Å². The Morgan fingerprint density at radius 3 is 2.65 bits per heavy atom. The van der Waals surface area contributed by atoms with Crippen LogP contribution in [-0.4, -0.2) is 78.6 Å². The van der Waals surface area contributed by atoms with Crippen molar-refractivity contribution in [3.63, 3.8) is 0 Å². The summed E-state index contributed by atoms with van der Waals surface area (Å²) >= 11 is 0.